The molecule has 0 bridgehead atoms. The third kappa shape index (κ3) is 3.50. The van der Waals surface area contributed by atoms with Crippen LogP contribution in [0.15, 0.2) is 12.1 Å². The van der Waals surface area contributed by atoms with Gasteiger partial charge in [0.15, 0.2) is 5.15 Å². The fourth-order valence-electron chi connectivity index (χ4n) is 0.696. The highest BCUT2D eigenvalue weighted by Gasteiger charge is 2.40. The van der Waals surface area contributed by atoms with Crippen LogP contribution in [0.25, 0.3) is 0 Å². The summed E-state index contributed by atoms with van der Waals surface area (Å²) in [4.78, 5) is 0. The van der Waals surface area contributed by atoms with Crippen molar-refractivity contribution >= 4 is 17.4 Å². The van der Waals surface area contributed by atoms with E-state index in [-0.39, 0.29) is 11.0 Å². The number of nitrogens with zero attached hydrogens (tertiary/aromatic N) is 2. The van der Waals surface area contributed by atoms with Gasteiger partial charge in [0.1, 0.15) is 5.82 Å². The van der Waals surface area contributed by atoms with Gasteiger partial charge in [-0.05, 0) is 12.1 Å². The SMILES string of the molecule is FC(F)C(F)(F)CNc1ccc(Cl)nn1. The van der Waals surface area contributed by atoms with Gasteiger partial charge in [0, 0.05) is 0 Å². The van der Waals surface area contributed by atoms with Gasteiger partial charge in [0.2, 0.25) is 0 Å². The Bertz CT molecular complexity index is 317. The number of nitrogens with one attached hydrogen (secondary N) is 1. The van der Waals surface area contributed by atoms with Gasteiger partial charge in [-0.2, -0.15) is 8.78 Å². The summed E-state index contributed by atoms with van der Waals surface area (Å²) in [5.41, 5.74) is 0. The first-order valence-corrected chi connectivity index (χ1v) is 4.19. The molecule has 0 aromatic carbocycles. The van der Waals surface area contributed by atoms with E-state index in [1.54, 1.807) is 0 Å². The lowest BCUT2D eigenvalue weighted by Gasteiger charge is -2.15. The zero-order valence-electron chi connectivity index (χ0n) is 7.22. The molecule has 1 aromatic rings. The number of anilines is 1. The van der Waals surface area contributed by atoms with Crippen molar-refractivity contribution in [3.8, 4) is 0 Å². The normalized spacial score (nSPS) is 11.9. The molecular formula is C7H6ClF4N3. The molecule has 1 aromatic heterocycles. The van der Waals surface area contributed by atoms with E-state index in [0.29, 0.717) is 0 Å². The molecule has 0 spiro atoms. The van der Waals surface area contributed by atoms with E-state index in [0.717, 1.165) is 0 Å². The summed E-state index contributed by atoms with van der Waals surface area (Å²) in [5, 5.41) is 8.83. The van der Waals surface area contributed by atoms with Crippen LogP contribution in [0, 0.1) is 0 Å². The predicted molar refractivity (Wildman–Crippen MR) is 46.5 cm³/mol. The Morgan fingerprint density at radius 1 is 1.33 bits per heavy atom. The first kappa shape index (κ1) is 12.0. The second-order valence-electron chi connectivity index (χ2n) is 2.66. The summed E-state index contributed by atoms with van der Waals surface area (Å²) < 4.78 is 48.3. The van der Waals surface area contributed by atoms with Crippen molar-refractivity contribution in [2.75, 3.05) is 11.9 Å². The minimum atomic E-state index is -4.10. The van der Waals surface area contributed by atoms with Gasteiger partial charge < -0.3 is 5.32 Å². The molecule has 15 heavy (non-hydrogen) atoms. The number of rotatable bonds is 4. The van der Waals surface area contributed by atoms with Crippen molar-refractivity contribution in [3.63, 3.8) is 0 Å². The average molecular weight is 244 g/mol. The van der Waals surface area contributed by atoms with Crippen LogP contribution in [-0.4, -0.2) is 29.1 Å². The molecule has 1 rings (SSSR count). The molecule has 0 aliphatic rings. The Balaban J connectivity index is 2.54. The van der Waals surface area contributed by atoms with Gasteiger partial charge in [0.05, 0.1) is 6.54 Å². The summed E-state index contributed by atoms with van der Waals surface area (Å²) in [5.74, 6) is -4.14. The van der Waals surface area contributed by atoms with E-state index in [4.69, 9.17) is 11.6 Å². The second kappa shape index (κ2) is 4.61. The summed E-state index contributed by atoms with van der Waals surface area (Å²) in [6, 6.07) is 2.56. The van der Waals surface area contributed by atoms with E-state index in [9.17, 15) is 17.6 Å². The van der Waals surface area contributed by atoms with Gasteiger partial charge in [-0.3, -0.25) is 0 Å². The lowest BCUT2D eigenvalue weighted by Crippen LogP contribution is -2.35. The highest BCUT2D eigenvalue weighted by Crippen LogP contribution is 2.22. The van der Waals surface area contributed by atoms with E-state index in [2.05, 4.69) is 10.2 Å². The van der Waals surface area contributed by atoms with Crippen molar-refractivity contribution in [2.45, 2.75) is 12.3 Å². The highest BCUT2D eigenvalue weighted by atomic mass is 35.5. The smallest absolute Gasteiger partial charge is 0.324 e. The van der Waals surface area contributed by atoms with Gasteiger partial charge in [-0.15, -0.1) is 10.2 Å². The molecule has 0 unspecified atom stereocenters. The molecule has 0 atom stereocenters. The molecule has 1 N–H and O–H groups in total. The summed E-state index contributed by atoms with van der Waals surface area (Å²) in [6.45, 7) is -1.21. The van der Waals surface area contributed by atoms with Crippen LogP contribution in [0.1, 0.15) is 0 Å². The Hall–Kier alpha value is -1.11. The number of hydrogen-bond acceptors (Lipinski definition) is 3. The Kier molecular flexibility index (Phi) is 3.67. The van der Waals surface area contributed by atoms with Crippen LogP contribution < -0.4 is 5.32 Å². The Morgan fingerprint density at radius 2 is 2.00 bits per heavy atom. The molecule has 0 aliphatic carbocycles. The quantitative estimate of drug-likeness (QED) is 0.826. The molecule has 0 amide bonds. The van der Waals surface area contributed by atoms with Crippen molar-refractivity contribution in [1.82, 2.24) is 10.2 Å². The van der Waals surface area contributed by atoms with Gasteiger partial charge >= 0.3 is 12.3 Å². The maximum Gasteiger partial charge on any atom is 0.324 e. The number of aromatic nitrogens is 2. The third-order valence-corrected chi connectivity index (χ3v) is 1.66. The van der Waals surface area contributed by atoms with Crippen molar-refractivity contribution in [2.24, 2.45) is 0 Å². The van der Waals surface area contributed by atoms with E-state index in [1.165, 1.54) is 12.1 Å². The molecule has 0 saturated heterocycles. The highest BCUT2D eigenvalue weighted by molar-refractivity contribution is 6.29. The minimum absolute atomic E-state index is 0.0419. The second-order valence-corrected chi connectivity index (χ2v) is 3.04. The molecule has 0 saturated carbocycles. The Labute approximate surface area is 87.4 Å². The van der Waals surface area contributed by atoms with Crippen molar-refractivity contribution in [3.05, 3.63) is 17.3 Å². The molecule has 84 valence electrons. The van der Waals surface area contributed by atoms with E-state index in [1.807, 2.05) is 5.32 Å². The fraction of sp³-hybridized carbons (Fsp3) is 0.429. The molecule has 0 fully saturated rings. The predicted octanol–water partition coefficient (Wildman–Crippen LogP) is 2.44. The maximum atomic E-state index is 12.4. The Morgan fingerprint density at radius 3 is 2.47 bits per heavy atom. The van der Waals surface area contributed by atoms with Crippen LogP contribution in [0.2, 0.25) is 5.15 Å². The number of halogens is 5. The molecule has 8 heteroatoms. The van der Waals surface area contributed by atoms with Crippen LogP contribution in [0.5, 0.6) is 0 Å². The molecule has 0 radical (unpaired) electrons. The summed E-state index contributed by atoms with van der Waals surface area (Å²) in [6.07, 6.45) is -3.72. The largest absolute Gasteiger partial charge is 0.362 e. The van der Waals surface area contributed by atoms with Gasteiger partial charge in [-0.1, -0.05) is 11.6 Å². The lowest BCUT2D eigenvalue weighted by atomic mass is 10.3. The van der Waals surface area contributed by atoms with Crippen molar-refractivity contribution < 1.29 is 17.6 Å². The monoisotopic (exact) mass is 243 g/mol. The van der Waals surface area contributed by atoms with Crippen LogP contribution >= 0.6 is 11.6 Å². The first-order chi connectivity index (χ1) is 6.92. The molecule has 3 nitrogen and oxygen atoms in total. The van der Waals surface area contributed by atoms with Crippen LogP contribution in [0.3, 0.4) is 0 Å². The summed E-state index contributed by atoms with van der Waals surface area (Å²) in [7, 11) is 0. The zero-order chi connectivity index (χ0) is 11.5. The topological polar surface area (TPSA) is 37.8 Å². The molecule has 0 aliphatic heterocycles. The van der Waals surface area contributed by atoms with Crippen molar-refractivity contribution in [1.29, 1.82) is 0 Å². The summed E-state index contributed by atoms with van der Waals surface area (Å²) >= 11 is 5.38. The van der Waals surface area contributed by atoms with Crippen LogP contribution in [0.4, 0.5) is 23.4 Å². The van der Waals surface area contributed by atoms with Gasteiger partial charge in [0.25, 0.3) is 0 Å². The fourth-order valence-corrected chi connectivity index (χ4v) is 0.797. The number of hydrogen-bond donors (Lipinski definition) is 1. The van der Waals surface area contributed by atoms with E-state index < -0.39 is 18.9 Å². The van der Waals surface area contributed by atoms with Crippen LogP contribution in [-0.2, 0) is 0 Å². The molecule has 1 heterocycles. The number of alkyl halides is 4. The standard InChI is InChI=1S/C7H6ClF4N3/c8-4-1-2-5(15-14-4)13-3-7(11,12)6(9)10/h1-2,6H,3H2,(H,13,15). The zero-order valence-corrected chi connectivity index (χ0v) is 7.98. The lowest BCUT2D eigenvalue weighted by molar-refractivity contribution is -0.117. The van der Waals surface area contributed by atoms with Gasteiger partial charge in [-0.25, -0.2) is 8.78 Å². The first-order valence-electron chi connectivity index (χ1n) is 3.81. The average Bonchev–Trinajstić information content (AvgIpc) is 2.17. The molecular weight excluding hydrogens is 238 g/mol. The third-order valence-electron chi connectivity index (χ3n) is 1.46. The maximum absolute atomic E-state index is 12.4. The van der Waals surface area contributed by atoms with E-state index >= 15 is 0 Å². The minimum Gasteiger partial charge on any atom is -0.362 e.